The van der Waals surface area contributed by atoms with Crippen LogP contribution in [0.2, 0.25) is 0 Å². The van der Waals surface area contributed by atoms with Crippen LogP contribution in [0, 0.1) is 11.7 Å². The molecule has 2 aliphatic heterocycles. The van der Waals surface area contributed by atoms with E-state index in [1.807, 2.05) is 11.8 Å². The van der Waals surface area contributed by atoms with Crippen LogP contribution in [0.3, 0.4) is 0 Å². The summed E-state index contributed by atoms with van der Waals surface area (Å²) in [5.74, 6) is -3.23. The van der Waals surface area contributed by atoms with E-state index in [1.165, 1.54) is 0 Å². The molecule has 0 saturated heterocycles. The van der Waals surface area contributed by atoms with E-state index in [2.05, 4.69) is 0 Å². The molecule has 0 radical (unpaired) electrons. The summed E-state index contributed by atoms with van der Waals surface area (Å²) in [7, 11) is 0. The Hall–Kier alpha value is -2.15. The molecule has 2 heterocycles. The zero-order valence-corrected chi connectivity index (χ0v) is 12.6. The zero-order valence-electron chi connectivity index (χ0n) is 12.6. The number of aliphatic carboxylic acids is 1. The van der Waals surface area contributed by atoms with E-state index >= 15 is 0 Å². The molecule has 1 unspecified atom stereocenters. The van der Waals surface area contributed by atoms with Gasteiger partial charge >= 0.3 is 5.97 Å². The molecule has 0 amide bonds. The number of hydrogen-bond acceptors (Lipinski definition) is 5. The van der Waals surface area contributed by atoms with Crippen LogP contribution in [0.15, 0.2) is 6.07 Å². The van der Waals surface area contributed by atoms with Crippen molar-refractivity contribution in [1.82, 2.24) is 0 Å². The number of carbonyl (C=O) groups excluding carboxylic acids is 1. The minimum Gasteiger partial charge on any atom is -0.489 e. The van der Waals surface area contributed by atoms with Crippen molar-refractivity contribution >= 4 is 17.4 Å². The Kier molecular flexibility index (Phi) is 2.79. The SMILES string of the molecule is C[C@H]1COc2c3c(cc(F)c2C2(N)CC2)C(=O)C(C(=O)O)CN31. The second-order valence-electron chi connectivity index (χ2n) is 6.68. The average Bonchev–Trinajstić information content (AvgIpc) is 3.22. The molecule has 1 fully saturated rings. The van der Waals surface area contributed by atoms with Crippen LogP contribution in [0.5, 0.6) is 5.75 Å². The highest BCUT2D eigenvalue weighted by atomic mass is 19.1. The van der Waals surface area contributed by atoms with E-state index in [-0.39, 0.29) is 18.2 Å². The van der Waals surface area contributed by atoms with Gasteiger partial charge in [-0.3, -0.25) is 9.59 Å². The highest BCUT2D eigenvalue weighted by molar-refractivity contribution is 6.14. The molecule has 3 aliphatic rings. The molecule has 3 N–H and O–H groups in total. The Morgan fingerprint density at radius 2 is 2.22 bits per heavy atom. The van der Waals surface area contributed by atoms with Crippen molar-refractivity contribution in [2.75, 3.05) is 18.1 Å². The van der Waals surface area contributed by atoms with E-state index in [0.29, 0.717) is 36.4 Å². The maximum Gasteiger partial charge on any atom is 0.316 e. The summed E-state index contributed by atoms with van der Waals surface area (Å²) < 4.78 is 20.4. The van der Waals surface area contributed by atoms with Gasteiger partial charge in [0.05, 0.1) is 17.3 Å². The van der Waals surface area contributed by atoms with Gasteiger partial charge in [0.15, 0.2) is 11.5 Å². The molecular weight excluding hydrogens is 303 g/mol. The number of nitrogens with zero attached hydrogens (tertiary/aromatic N) is 1. The number of nitrogens with two attached hydrogens (primary N) is 1. The highest BCUT2D eigenvalue weighted by Crippen LogP contribution is 2.53. The number of ketones is 1. The van der Waals surface area contributed by atoms with Crippen molar-refractivity contribution < 1.29 is 23.8 Å². The van der Waals surface area contributed by atoms with Gasteiger partial charge in [0.1, 0.15) is 18.3 Å². The van der Waals surface area contributed by atoms with E-state index in [9.17, 15) is 19.1 Å². The summed E-state index contributed by atoms with van der Waals surface area (Å²) in [6.45, 7) is 2.26. The summed E-state index contributed by atoms with van der Waals surface area (Å²) in [6.07, 6.45) is 1.33. The third-order valence-electron chi connectivity index (χ3n) is 5.04. The van der Waals surface area contributed by atoms with E-state index in [4.69, 9.17) is 10.5 Å². The summed E-state index contributed by atoms with van der Waals surface area (Å²) in [5.41, 5.74) is 6.33. The van der Waals surface area contributed by atoms with Crippen LogP contribution in [0.4, 0.5) is 10.1 Å². The van der Waals surface area contributed by atoms with E-state index < -0.39 is 29.0 Å². The predicted molar refractivity (Wildman–Crippen MR) is 79.3 cm³/mol. The van der Waals surface area contributed by atoms with Gasteiger partial charge in [-0.25, -0.2) is 4.39 Å². The van der Waals surface area contributed by atoms with E-state index in [1.54, 1.807) is 0 Å². The molecule has 1 aromatic rings. The molecule has 6 nitrogen and oxygen atoms in total. The minimum atomic E-state index is -1.19. The Labute approximate surface area is 132 Å². The molecule has 1 aliphatic carbocycles. The summed E-state index contributed by atoms with van der Waals surface area (Å²) >= 11 is 0. The Morgan fingerprint density at radius 3 is 2.83 bits per heavy atom. The molecule has 1 saturated carbocycles. The van der Waals surface area contributed by atoms with Crippen LogP contribution >= 0.6 is 0 Å². The number of rotatable bonds is 2. The fraction of sp³-hybridized carbons (Fsp3) is 0.500. The lowest BCUT2D eigenvalue weighted by molar-refractivity contribution is -0.139. The number of benzene rings is 1. The van der Waals surface area contributed by atoms with Gasteiger partial charge in [0.25, 0.3) is 0 Å². The largest absolute Gasteiger partial charge is 0.489 e. The van der Waals surface area contributed by atoms with Gasteiger partial charge in [-0.1, -0.05) is 0 Å². The van der Waals surface area contributed by atoms with Crippen LogP contribution in [0.1, 0.15) is 35.7 Å². The first-order valence-electron chi connectivity index (χ1n) is 7.66. The molecular formula is C16H17FN2O4. The fourth-order valence-electron chi connectivity index (χ4n) is 3.52. The zero-order chi connectivity index (χ0) is 16.5. The number of hydrogen-bond donors (Lipinski definition) is 2. The van der Waals surface area contributed by atoms with Crippen molar-refractivity contribution in [2.45, 2.75) is 31.3 Å². The third kappa shape index (κ3) is 1.89. The van der Waals surface area contributed by atoms with Gasteiger partial charge in [0, 0.05) is 17.6 Å². The van der Waals surface area contributed by atoms with Crippen LogP contribution < -0.4 is 15.4 Å². The number of carboxylic acids is 1. The Morgan fingerprint density at radius 1 is 1.52 bits per heavy atom. The first-order valence-corrected chi connectivity index (χ1v) is 7.66. The van der Waals surface area contributed by atoms with Gasteiger partial charge in [0.2, 0.25) is 0 Å². The lowest BCUT2D eigenvalue weighted by Gasteiger charge is -2.43. The topological polar surface area (TPSA) is 92.9 Å². The van der Waals surface area contributed by atoms with E-state index in [0.717, 1.165) is 6.07 Å². The molecule has 1 aromatic carbocycles. The quantitative estimate of drug-likeness (QED) is 0.797. The fourth-order valence-corrected chi connectivity index (χ4v) is 3.52. The molecule has 4 rings (SSSR count). The number of anilines is 1. The van der Waals surface area contributed by atoms with Crippen molar-refractivity contribution in [3.8, 4) is 5.75 Å². The second kappa shape index (κ2) is 4.44. The number of carboxylic acid groups (broad SMARTS) is 1. The number of ether oxygens (including phenoxy) is 1. The molecule has 0 spiro atoms. The number of Topliss-reactive ketones (excluding diaryl/α,β-unsaturated/α-hetero) is 1. The molecule has 0 bridgehead atoms. The maximum atomic E-state index is 14.6. The highest BCUT2D eigenvalue weighted by Gasteiger charge is 2.49. The van der Waals surface area contributed by atoms with Crippen molar-refractivity contribution in [3.63, 3.8) is 0 Å². The summed E-state index contributed by atoms with van der Waals surface area (Å²) in [5, 5.41) is 9.29. The first kappa shape index (κ1) is 14.4. The number of halogens is 1. The smallest absolute Gasteiger partial charge is 0.316 e. The average molecular weight is 320 g/mol. The van der Waals surface area contributed by atoms with Gasteiger partial charge in [-0.05, 0) is 25.8 Å². The minimum absolute atomic E-state index is 0.0708. The normalized spacial score (nSPS) is 27.3. The monoisotopic (exact) mass is 320 g/mol. The van der Waals surface area contributed by atoms with Gasteiger partial charge in [-0.2, -0.15) is 0 Å². The Balaban J connectivity index is 1.97. The molecule has 23 heavy (non-hydrogen) atoms. The predicted octanol–water partition coefficient (Wildman–Crippen LogP) is 1.26. The number of carbonyl (C=O) groups is 2. The lowest BCUT2D eigenvalue weighted by Crippen LogP contribution is -2.51. The van der Waals surface area contributed by atoms with Gasteiger partial charge in [-0.15, -0.1) is 0 Å². The molecule has 7 heteroatoms. The molecule has 2 atom stereocenters. The Bertz CT molecular complexity index is 744. The van der Waals surface area contributed by atoms with Crippen LogP contribution in [0.25, 0.3) is 0 Å². The lowest BCUT2D eigenvalue weighted by atomic mass is 9.86. The van der Waals surface area contributed by atoms with Crippen molar-refractivity contribution in [3.05, 3.63) is 23.0 Å². The van der Waals surface area contributed by atoms with Crippen LogP contribution in [-0.4, -0.2) is 36.1 Å². The van der Waals surface area contributed by atoms with Crippen molar-refractivity contribution in [1.29, 1.82) is 0 Å². The standard InChI is InChI=1S/C16H17FN2O4/c1-7-6-23-14-11(16(18)2-3-16)10(17)4-8-12(14)19(7)5-9(13(8)20)15(21)22/h4,7,9H,2-3,5-6,18H2,1H3,(H,21,22)/t7-,9?/m0/s1. The van der Waals surface area contributed by atoms with Crippen LogP contribution in [-0.2, 0) is 10.3 Å². The molecule has 122 valence electrons. The second-order valence-corrected chi connectivity index (χ2v) is 6.68. The summed E-state index contributed by atoms with van der Waals surface area (Å²) in [4.78, 5) is 25.7. The third-order valence-corrected chi connectivity index (χ3v) is 5.04. The van der Waals surface area contributed by atoms with Crippen molar-refractivity contribution in [2.24, 2.45) is 11.7 Å². The first-order chi connectivity index (χ1) is 10.8. The van der Waals surface area contributed by atoms with Gasteiger partial charge < -0.3 is 20.5 Å². The molecule has 0 aromatic heterocycles. The summed E-state index contributed by atoms with van der Waals surface area (Å²) in [6, 6.07) is 1.04. The maximum absolute atomic E-state index is 14.6.